The van der Waals surface area contributed by atoms with Gasteiger partial charge >= 0.3 is 0 Å². The van der Waals surface area contributed by atoms with E-state index in [1.807, 2.05) is 17.0 Å². The fourth-order valence-corrected chi connectivity index (χ4v) is 4.71. The largest absolute Gasteiger partial charge is 0.369 e. The number of halogens is 2. The summed E-state index contributed by atoms with van der Waals surface area (Å²) in [5.41, 5.74) is 7.87. The van der Waals surface area contributed by atoms with Crippen LogP contribution in [0.2, 0.25) is 5.02 Å². The number of carbonyl (C=O) groups excluding carboxylic acids is 1. The summed E-state index contributed by atoms with van der Waals surface area (Å²) >= 11 is 6.07. The van der Waals surface area contributed by atoms with Crippen molar-refractivity contribution >= 4 is 35.2 Å². The van der Waals surface area contributed by atoms with Crippen molar-refractivity contribution in [2.24, 2.45) is 10.7 Å². The summed E-state index contributed by atoms with van der Waals surface area (Å²) in [6.45, 7) is 2.33. The average Bonchev–Trinajstić information content (AvgIpc) is 3.05. The van der Waals surface area contributed by atoms with E-state index >= 15 is 0 Å². The van der Waals surface area contributed by atoms with E-state index in [1.54, 1.807) is 36.5 Å². The predicted octanol–water partition coefficient (Wildman–Crippen LogP) is 3.38. The monoisotopic (exact) mass is 466 g/mol. The van der Waals surface area contributed by atoms with Crippen LogP contribution in [0.25, 0.3) is 6.08 Å². The van der Waals surface area contributed by atoms with Gasteiger partial charge in [-0.05, 0) is 48.7 Å². The van der Waals surface area contributed by atoms with Gasteiger partial charge in [0.15, 0.2) is 6.19 Å². The first-order valence-corrected chi connectivity index (χ1v) is 11.1. The van der Waals surface area contributed by atoms with Crippen LogP contribution in [-0.4, -0.2) is 46.8 Å². The highest BCUT2D eigenvalue weighted by atomic mass is 35.5. The smallest absolute Gasteiger partial charge is 0.247 e. The van der Waals surface area contributed by atoms with Crippen molar-refractivity contribution in [1.29, 1.82) is 5.26 Å². The number of piperazine rings is 1. The van der Waals surface area contributed by atoms with Crippen LogP contribution >= 0.6 is 11.6 Å². The van der Waals surface area contributed by atoms with E-state index in [-0.39, 0.29) is 29.8 Å². The molecule has 170 valence electrons. The van der Waals surface area contributed by atoms with Crippen molar-refractivity contribution in [3.05, 3.63) is 70.5 Å². The number of nitriles is 1. The van der Waals surface area contributed by atoms with Gasteiger partial charge in [0.1, 0.15) is 5.82 Å². The summed E-state index contributed by atoms with van der Waals surface area (Å²) in [7, 11) is 0. The Morgan fingerprint density at radius 2 is 1.94 bits per heavy atom. The first-order chi connectivity index (χ1) is 15.9. The van der Waals surface area contributed by atoms with Gasteiger partial charge < -0.3 is 10.6 Å². The Bertz CT molecular complexity index is 1110. The Labute approximate surface area is 196 Å². The van der Waals surface area contributed by atoms with Crippen LogP contribution < -0.4 is 11.1 Å². The van der Waals surface area contributed by atoms with Crippen molar-refractivity contribution in [2.45, 2.75) is 31.5 Å². The zero-order chi connectivity index (χ0) is 23.4. The normalized spacial score (nSPS) is 20.8. The van der Waals surface area contributed by atoms with Crippen LogP contribution in [0.1, 0.15) is 24.0 Å². The molecular weight excluding hydrogens is 443 g/mol. The van der Waals surface area contributed by atoms with Gasteiger partial charge in [0.25, 0.3) is 0 Å². The standard InChI is InChI=1S/C24H24ClFN6O/c25-18-5-3-17(22(11-18)30-24(28)29-15-27)4-10-23(33)32-20-8-9-21(32)14-31(13-20)12-16-1-6-19(26)7-2-16/h1-7,10-11,20-21H,8-9,12-14H2,(H3,28,29,30)/b10-4+. The molecule has 9 heteroatoms. The van der Waals surface area contributed by atoms with Crippen LogP contribution in [0.4, 0.5) is 10.1 Å². The number of hydrogen-bond donors (Lipinski definition) is 2. The zero-order valence-electron chi connectivity index (χ0n) is 17.9. The number of aliphatic imine (C=N–C) groups is 1. The molecular formula is C24H24ClFN6O. The Kier molecular flexibility index (Phi) is 6.92. The van der Waals surface area contributed by atoms with E-state index in [0.29, 0.717) is 16.3 Å². The molecule has 2 saturated heterocycles. The highest BCUT2D eigenvalue weighted by Gasteiger charge is 2.41. The van der Waals surface area contributed by atoms with E-state index in [0.717, 1.165) is 38.0 Å². The predicted molar refractivity (Wildman–Crippen MR) is 126 cm³/mol. The number of benzene rings is 2. The second kappa shape index (κ2) is 10.0. The number of likely N-dealkylation sites (tertiary alicyclic amines) is 1. The maximum Gasteiger partial charge on any atom is 0.247 e. The average molecular weight is 467 g/mol. The van der Waals surface area contributed by atoms with Gasteiger partial charge in [-0.15, -0.1) is 0 Å². The Morgan fingerprint density at radius 3 is 2.61 bits per heavy atom. The lowest BCUT2D eigenvalue weighted by atomic mass is 10.1. The van der Waals surface area contributed by atoms with Gasteiger partial charge in [0.05, 0.1) is 5.69 Å². The number of carbonyl (C=O) groups is 1. The second-order valence-corrected chi connectivity index (χ2v) is 8.66. The lowest BCUT2D eigenvalue weighted by Crippen LogP contribution is -2.55. The molecule has 4 rings (SSSR count). The summed E-state index contributed by atoms with van der Waals surface area (Å²) in [5, 5.41) is 11.4. The third kappa shape index (κ3) is 5.51. The second-order valence-electron chi connectivity index (χ2n) is 8.22. The van der Waals surface area contributed by atoms with Crippen molar-refractivity contribution in [2.75, 3.05) is 13.1 Å². The molecule has 2 atom stereocenters. The minimum absolute atomic E-state index is 0.0445. The number of nitrogens with two attached hydrogens (primary N) is 1. The van der Waals surface area contributed by atoms with Crippen LogP contribution in [0.15, 0.2) is 53.5 Å². The molecule has 2 aliphatic heterocycles. The topological polar surface area (TPSA) is 97.8 Å². The third-order valence-electron chi connectivity index (χ3n) is 5.95. The van der Waals surface area contributed by atoms with Gasteiger partial charge in [-0.25, -0.2) is 9.38 Å². The Hall–Kier alpha value is -3.41. The van der Waals surface area contributed by atoms with Crippen molar-refractivity contribution in [1.82, 2.24) is 15.1 Å². The lowest BCUT2D eigenvalue weighted by molar-refractivity contribution is -0.131. The molecule has 7 nitrogen and oxygen atoms in total. The molecule has 1 amide bonds. The molecule has 33 heavy (non-hydrogen) atoms. The van der Waals surface area contributed by atoms with Crippen molar-refractivity contribution in [3.63, 3.8) is 0 Å². The third-order valence-corrected chi connectivity index (χ3v) is 6.19. The molecule has 2 bridgehead atoms. The van der Waals surface area contributed by atoms with E-state index in [2.05, 4.69) is 15.2 Å². The van der Waals surface area contributed by atoms with E-state index < -0.39 is 0 Å². The number of hydrogen-bond acceptors (Lipinski definition) is 4. The molecule has 2 unspecified atom stereocenters. The first-order valence-electron chi connectivity index (χ1n) is 10.7. The Morgan fingerprint density at radius 1 is 1.24 bits per heavy atom. The summed E-state index contributed by atoms with van der Waals surface area (Å²) in [5.74, 6) is -0.340. The van der Waals surface area contributed by atoms with Crippen LogP contribution in [0.3, 0.4) is 0 Å². The zero-order valence-corrected chi connectivity index (χ0v) is 18.7. The molecule has 3 N–H and O–H groups in total. The van der Waals surface area contributed by atoms with Gasteiger partial charge in [-0.1, -0.05) is 29.8 Å². The highest BCUT2D eigenvalue weighted by molar-refractivity contribution is 6.30. The number of fused-ring (bicyclic) bond motifs is 2. The number of rotatable bonds is 5. The fraction of sp³-hybridized carbons (Fsp3) is 0.292. The minimum Gasteiger partial charge on any atom is -0.369 e. The molecule has 2 aliphatic rings. The van der Waals surface area contributed by atoms with Crippen LogP contribution in [0, 0.1) is 17.3 Å². The summed E-state index contributed by atoms with van der Waals surface area (Å²) in [6, 6.07) is 12.0. The molecule has 0 aliphatic carbocycles. The summed E-state index contributed by atoms with van der Waals surface area (Å²) < 4.78 is 13.2. The van der Waals surface area contributed by atoms with Gasteiger partial charge in [-0.2, -0.15) is 5.26 Å². The van der Waals surface area contributed by atoms with E-state index in [4.69, 9.17) is 22.6 Å². The molecule has 0 saturated carbocycles. The van der Waals surface area contributed by atoms with E-state index in [1.165, 1.54) is 12.1 Å². The molecule has 0 aromatic heterocycles. The number of nitrogens with one attached hydrogen (secondary N) is 1. The summed E-state index contributed by atoms with van der Waals surface area (Å²) in [4.78, 5) is 21.5. The number of guanidine groups is 1. The van der Waals surface area contributed by atoms with Gasteiger partial charge in [0.2, 0.25) is 11.9 Å². The molecule has 0 radical (unpaired) electrons. The lowest BCUT2D eigenvalue weighted by Gasteiger charge is -2.40. The van der Waals surface area contributed by atoms with Gasteiger partial charge in [0, 0.05) is 48.4 Å². The fourth-order valence-electron chi connectivity index (χ4n) is 4.54. The van der Waals surface area contributed by atoms with Crippen LogP contribution in [-0.2, 0) is 11.3 Å². The highest BCUT2D eigenvalue weighted by Crippen LogP contribution is 2.32. The van der Waals surface area contributed by atoms with Gasteiger partial charge in [-0.3, -0.25) is 15.0 Å². The molecule has 2 fully saturated rings. The maximum atomic E-state index is 13.2. The van der Waals surface area contributed by atoms with Crippen molar-refractivity contribution in [3.8, 4) is 6.19 Å². The first kappa shape index (κ1) is 22.8. The van der Waals surface area contributed by atoms with Crippen molar-refractivity contribution < 1.29 is 9.18 Å². The molecule has 2 aromatic rings. The molecule has 2 heterocycles. The van der Waals surface area contributed by atoms with E-state index in [9.17, 15) is 9.18 Å². The maximum absolute atomic E-state index is 13.2. The summed E-state index contributed by atoms with van der Waals surface area (Å²) in [6.07, 6.45) is 6.90. The molecule has 2 aromatic carbocycles. The number of amides is 1. The molecule has 0 spiro atoms. The Balaban J connectivity index is 1.44. The quantitative estimate of drug-likeness (QED) is 0.231. The minimum atomic E-state index is -0.237. The van der Waals surface area contributed by atoms with Crippen LogP contribution in [0.5, 0.6) is 0 Å². The number of nitrogens with zero attached hydrogens (tertiary/aromatic N) is 4. The SMILES string of the molecule is N#CNC(N)=Nc1cc(Cl)ccc1/C=C/C(=O)N1C2CCC1CN(Cc1ccc(F)cc1)C2.